The van der Waals surface area contributed by atoms with E-state index in [2.05, 4.69) is 10.6 Å². The fourth-order valence-electron chi connectivity index (χ4n) is 1.21. The van der Waals surface area contributed by atoms with Gasteiger partial charge in [0.2, 0.25) is 0 Å². The zero-order valence-corrected chi connectivity index (χ0v) is 9.86. The van der Waals surface area contributed by atoms with Crippen molar-refractivity contribution in [1.29, 1.82) is 0 Å². The van der Waals surface area contributed by atoms with Crippen LogP contribution in [0.2, 0.25) is 0 Å². The molecule has 0 saturated carbocycles. The maximum absolute atomic E-state index is 11.1. The molecule has 0 aliphatic heterocycles. The maximum atomic E-state index is 11.1. The van der Waals surface area contributed by atoms with Gasteiger partial charge >= 0.3 is 6.03 Å². The first-order chi connectivity index (χ1) is 7.63. The van der Waals surface area contributed by atoms with E-state index in [1.54, 1.807) is 7.05 Å². The summed E-state index contributed by atoms with van der Waals surface area (Å²) in [6, 6.07) is 9.30. The number of amides is 2. The molecule has 0 aliphatic carbocycles. The van der Waals surface area contributed by atoms with Crippen molar-refractivity contribution in [1.82, 2.24) is 10.6 Å². The van der Waals surface area contributed by atoms with Crippen LogP contribution >= 0.6 is 0 Å². The van der Waals surface area contributed by atoms with Gasteiger partial charge in [-0.05, 0) is 26.0 Å². The molecular formula is C12H18N2O2. The molecule has 1 aromatic carbocycles. The van der Waals surface area contributed by atoms with Gasteiger partial charge in [0.1, 0.15) is 11.9 Å². The topological polar surface area (TPSA) is 50.4 Å². The lowest BCUT2D eigenvalue weighted by molar-refractivity contribution is 0.175. The first kappa shape index (κ1) is 12.4. The molecule has 1 aromatic rings. The van der Waals surface area contributed by atoms with Crippen LogP contribution in [0.4, 0.5) is 4.79 Å². The smallest absolute Gasteiger partial charge is 0.314 e. The molecule has 4 nitrogen and oxygen atoms in total. The minimum atomic E-state index is -0.198. The SMILES string of the molecule is CNC(=O)NC(C)C(C)Oc1ccccc1. The Kier molecular flexibility index (Phi) is 4.64. The molecule has 88 valence electrons. The third-order valence-corrected chi connectivity index (χ3v) is 2.36. The monoisotopic (exact) mass is 222 g/mol. The van der Waals surface area contributed by atoms with E-state index in [0.717, 1.165) is 5.75 Å². The molecule has 2 amide bonds. The molecule has 2 atom stereocenters. The van der Waals surface area contributed by atoms with Crippen LogP contribution in [0.25, 0.3) is 0 Å². The van der Waals surface area contributed by atoms with Gasteiger partial charge in [-0.25, -0.2) is 4.79 Å². The summed E-state index contributed by atoms with van der Waals surface area (Å²) in [5, 5.41) is 5.28. The summed E-state index contributed by atoms with van der Waals surface area (Å²) in [6.45, 7) is 3.83. The first-order valence-corrected chi connectivity index (χ1v) is 5.33. The molecule has 0 aliphatic rings. The van der Waals surface area contributed by atoms with Crippen LogP contribution < -0.4 is 15.4 Å². The number of nitrogens with one attached hydrogen (secondary N) is 2. The lowest BCUT2D eigenvalue weighted by atomic mass is 10.2. The zero-order valence-electron chi connectivity index (χ0n) is 9.86. The van der Waals surface area contributed by atoms with Gasteiger partial charge < -0.3 is 15.4 Å². The molecule has 4 heteroatoms. The highest BCUT2D eigenvalue weighted by Crippen LogP contribution is 2.12. The summed E-state index contributed by atoms with van der Waals surface area (Å²) in [4.78, 5) is 11.1. The van der Waals surface area contributed by atoms with E-state index in [1.165, 1.54) is 0 Å². The molecule has 0 bridgehead atoms. The first-order valence-electron chi connectivity index (χ1n) is 5.33. The molecule has 0 fully saturated rings. The van der Waals surface area contributed by atoms with Crippen LogP contribution in [0, 0.1) is 0 Å². The number of urea groups is 1. The Morgan fingerprint density at radius 2 is 1.88 bits per heavy atom. The van der Waals surface area contributed by atoms with Crippen LogP contribution in [-0.2, 0) is 0 Å². The Morgan fingerprint density at radius 3 is 2.44 bits per heavy atom. The van der Waals surface area contributed by atoms with Crippen molar-refractivity contribution in [2.75, 3.05) is 7.05 Å². The van der Waals surface area contributed by atoms with Gasteiger partial charge in [-0.1, -0.05) is 18.2 Å². The second kappa shape index (κ2) is 6.00. The normalized spacial score (nSPS) is 13.7. The Balaban J connectivity index is 2.46. The Morgan fingerprint density at radius 1 is 1.25 bits per heavy atom. The largest absolute Gasteiger partial charge is 0.489 e. The number of hydrogen-bond acceptors (Lipinski definition) is 2. The second-order valence-corrected chi connectivity index (χ2v) is 3.65. The van der Waals surface area contributed by atoms with Gasteiger partial charge in [0, 0.05) is 7.05 Å². The predicted molar refractivity (Wildman–Crippen MR) is 63.6 cm³/mol. The van der Waals surface area contributed by atoms with Crippen LogP contribution in [0.5, 0.6) is 5.75 Å². The standard InChI is InChI=1S/C12H18N2O2/c1-9(14-12(15)13-3)10(2)16-11-7-5-4-6-8-11/h4-10H,1-3H3,(H2,13,14,15). The quantitative estimate of drug-likeness (QED) is 0.815. The minimum Gasteiger partial charge on any atom is -0.489 e. The zero-order chi connectivity index (χ0) is 12.0. The third kappa shape index (κ3) is 3.81. The van der Waals surface area contributed by atoms with E-state index in [0.29, 0.717) is 0 Å². The van der Waals surface area contributed by atoms with Crippen molar-refractivity contribution in [3.63, 3.8) is 0 Å². The number of benzene rings is 1. The maximum Gasteiger partial charge on any atom is 0.314 e. The lowest BCUT2D eigenvalue weighted by Crippen LogP contribution is -2.45. The fraction of sp³-hybridized carbons (Fsp3) is 0.417. The van der Waals surface area contributed by atoms with Gasteiger partial charge in [-0.3, -0.25) is 0 Å². The minimum absolute atomic E-state index is 0.0554. The van der Waals surface area contributed by atoms with Crippen molar-refractivity contribution in [2.24, 2.45) is 0 Å². The summed E-state index contributed by atoms with van der Waals surface area (Å²) in [5.74, 6) is 0.806. The molecule has 16 heavy (non-hydrogen) atoms. The van der Waals surface area contributed by atoms with E-state index >= 15 is 0 Å². The highest BCUT2D eigenvalue weighted by molar-refractivity contribution is 5.73. The van der Waals surface area contributed by atoms with E-state index in [-0.39, 0.29) is 18.2 Å². The fourth-order valence-corrected chi connectivity index (χ4v) is 1.21. The summed E-state index contributed by atoms with van der Waals surface area (Å²) in [7, 11) is 1.59. The van der Waals surface area contributed by atoms with Gasteiger partial charge in [0.25, 0.3) is 0 Å². The molecule has 2 unspecified atom stereocenters. The highest BCUT2D eigenvalue weighted by atomic mass is 16.5. The lowest BCUT2D eigenvalue weighted by Gasteiger charge is -2.22. The second-order valence-electron chi connectivity index (χ2n) is 3.65. The number of para-hydroxylation sites is 1. The summed E-state index contributed by atoms with van der Waals surface area (Å²) in [5.41, 5.74) is 0. The van der Waals surface area contributed by atoms with E-state index in [1.807, 2.05) is 44.2 Å². The van der Waals surface area contributed by atoms with Crippen LogP contribution in [0.3, 0.4) is 0 Å². The van der Waals surface area contributed by atoms with Gasteiger partial charge in [-0.2, -0.15) is 0 Å². The molecule has 0 aromatic heterocycles. The number of carbonyl (C=O) groups excluding carboxylic acids is 1. The van der Waals surface area contributed by atoms with Gasteiger partial charge in [0.05, 0.1) is 6.04 Å². The molecule has 0 heterocycles. The summed E-state index contributed by atoms with van der Waals surface area (Å²) in [6.07, 6.45) is -0.0836. The predicted octanol–water partition coefficient (Wildman–Crippen LogP) is 1.77. The van der Waals surface area contributed by atoms with Crippen LogP contribution in [-0.4, -0.2) is 25.2 Å². The molecule has 1 rings (SSSR count). The highest BCUT2D eigenvalue weighted by Gasteiger charge is 2.15. The number of hydrogen-bond donors (Lipinski definition) is 2. The molecular weight excluding hydrogens is 204 g/mol. The Labute approximate surface area is 96.0 Å². The van der Waals surface area contributed by atoms with Crippen molar-refractivity contribution >= 4 is 6.03 Å². The Bertz CT molecular complexity index is 327. The average Bonchev–Trinajstić information content (AvgIpc) is 2.30. The van der Waals surface area contributed by atoms with Crippen LogP contribution in [0.15, 0.2) is 30.3 Å². The molecule has 2 N–H and O–H groups in total. The average molecular weight is 222 g/mol. The summed E-state index contributed by atoms with van der Waals surface area (Å²) < 4.78 is 5.68. The van der Waals surface area contributed by atoms with Crippen molar-refractivity contribution in [3.8, 4) is 5.75 Å². The summed E-state index contributed by atoms with van der Waals surface area (Å²) >= 11 is 0. The molecule has 0 spiro atoms. The van der Waals surface area contributed by atoms with Crippen molar-refractivity contribution < 1.29 is 9.53 Å². The van der Waals surface area contributed by atoms with Gasteiger partial charge in [0.15, 0.2) is 0 Å². The third-order valence-electron chi connectivity index (χ3n) is 2.36. The van der Waals surface area contributed by atoms with E-state index in [9.17, 15) is 4.79 Å². The number of carbonyl (C=O) groups is 1. The molecule has 0 saturated heterocycles. The van der Waals surface area contributed by atoms with Crippen molar-refractivity contribution in [3.05, 3.63) is 30.3 Å². The van der Waals surface area contributed by atoms with E-state index in [4.69, 9.17) is 4.74 Å². The van der Waals surface area contributed by atoms with E-state index < -0.39 is 0 Å². The van der Waals surface area contributed by atoms with Gasteiger partial charge in [-0.15, -0.1) is 0 Å². The van der Waals surface area contributed by atoms with Crippen molar-refractivity contribution in [2.45, 2.75) is 26.0 Å². The number of rotatable bonds is 4. The molecule has 0 radical (unpaired) electrons. The van der Waals surface area contributed by atoms with Crippen LogP contribution in [0.1, 0.15) is 13.8 Å². The number of ether oxygens (including phenoxy) is 1. The Hall–Kier alpha value is -1.71.